The van der Waals surface area contributed by atoms with Crippen molar-refractivity contribution in [3.8, 4) is 0 Å². The largest absolute Gasteiger partial charge is 0.416 e. The second kappa shape index (κ2) is 5.66. The summed E-state index contributed by atoms with van der Waals surface area (Å²) in [5.41, 5.74) is -1.49. The Morgan fingerprint density at radius 3 is 2.55 bits per heavy atom. The van der Waals surface area contributed by atoms with Crippen LogP contribution in [0.2, 0.25) is 0 Å². The summed E-state index contributed by atoms with van der Waals surface area (Å²) < 4.78 is 37.5. The number of nitrogens with one attached hydrogen (secondary N) is 2. The van der Waals surface area contributed by atoms with E-state index in [-0.39, 0.29) is 5.69 Å². The van der Waals surface area contributed by atoms with Crippen LogP contribution < -0.4 is 10.6 Å². The molecule has 0 unspecified atom stereocenters. The minimum atomic E-state index is -4.59. The molecule has 1 fully saturated rings. The van der Waals surface area contributed by atoms with Crippen molar-refractivity contribution in [1.29, 1.82) is 0 Å². The van der Waals surface area contributed by atoms with Crippen molar-refractivity contribution in [2.45, 2.75) is 25.1 Å². The zero-order valence-electron chi connectivity index (χ0n) is 10.5. The maximum absolute atomic E-state index is 12.5. The summed E-state index contributed by atoms with van der Waals surface area (Å²) in [5.74, 6) is 0. The second-order valence-electron chi connectivity index (χ2n) is 4.64. The molecule has 0 heterocycles. The number of hydrogen-bond donors (Lipinski definition) is 2. The molecule has 1 aliphatic carbocycles. The van der Waals surface area contributed by atoms with Gasteiger partial charge < -0.3 is 10.6 Å². The first-order valence-electron chi connectivity index (χ1n) is 6.21. The first-order chi connectivity index (χ1) is 9.38. The molecule has 0 spiro atoms. The Kier molecular flexibility index (Phi) is 4.12. The van der Waals surface area contributed by atoms with E-state index >= 15 is 0 Å². The third-order valence-corrected chi connectivity index (χ3v) is 2.97. The van der Waals surface area contributed by atoms with Gasteiger partial charge in [0.05, 0.1) is 10.5 Å². The normalized spacial score (nSPS) is 15.2. The maximum atomic E-state index is 12.5. The predicted molar refractivity (Wildman–Crippen MR) is 67.6 cm³/mol. The van der Waals surface area contributed by atoms with E-state index < -0.39 is 22.4 Å². The van der Waals surface area contributed by atoms with Crippen LogP contribution in [0.15, 0.2) is 18.2 Å². The van der Waals surface area contributed by atoms with Gasteiger partial charge in [-0.2, -0.15) is 13.2 Å². The minimum Gasteiger partial charge on any atom is -0.378 e. The molecule has 0 aromatic heterocycles. The van der Waals surface area contributed by atoms with Gasteiger partial charge in [0.15, 0.2) is 0 Å². The molecule has 20 heavy (non-hydrogen) atoms. The van der Waals surface area contributed by atoms with Gasteiger partial charge >= 0.3 is 6.18 Å². The molecule has 2 rings (SSSR count). The molecule has 1 aromatic rings. The number of alkyl halides is 3. The third kappa shape index (κ3) is 3.83. The molecule has 1 saturated carbocycles. The molecule has 110 valence electrons. The minimum absolute atomic E-state index is 0.0978. The first kappa shape index (κ1) is 14.6. The number of rotatable bonds is 6. The molecule has 5 nitrogen and oxygen atoms in total. The zero-order chi connectivity index (χ0) is 14.8. The van der Waals surface area contributed by atoms with Gasteiger partial charge in [0.1, 0.15) is 5.69 Å². The summed E-state index contributed by atoms with van der Waals surface area (Å²) >= 11 is 0. The average molecular weight is 289 g/mol. The molecule has 1 aliphatic rings. The Morgan fingerprint density at radius 2 is 2.00 bits per heavy atom. The molecule has 2 N–H and O–H groups in total. The van der Waals surface area contributed by atoms with Crippen LogP contribution in [0.3, 0.4) is 0 Å². The van der Waals surface area contributed by atoms with E-state index in [1.807, 2.05) is 0 Å². The van der Waals surface area contributed by atoms with Gasteiger partial charge in [-0.25, -0.2) is 0 Å². The summed E-state index contributed by atoms with van der Waals surface area (Å²) in [5, 5.41) is 16.8. The van der Waals surface area contributed by atoms with Gasteiger partial charge in [0.2, 0.25) is 0 Å². The number of nitrogens with zero attached hydrogens (tertiary/aromatic N) is 1. The van der Waals surface area contributed by atoms with Gasteiger partial charge in [-0.1, -0.05) is 0 Å². The summed E-state index contributed by atoms with van der Waals surface area (Å²) in [6.07, 6.45) is -2.34. The van der Waals surface area contributed by atoms with Crippen LogP contribution in [0, 0.1) is 10.1 Å². The van der Waals surface area contributed by atoms with Crippen molar-refractivity contribution < 1.29 is 18.1 Å². The molecule has 0 radical (unpaired) electrons. The first-order valence-corrected chi connectivity index (χ1v) is 6.21. The Balaban J connectivity index is 2.04. The highest BCUT2D eigenvalue weighted by atomic mass is 19.4. The lowest BCUT2D eigenvalue weighted by atomic mass is 10.1. The van der Waals surface area contributed by atoms with Crippen LogP contribution in [0.4, 0.5) is 24.5 Å². The highest BCUT2D eigenvalue weighted by Gasteiger charge is 2.33. The Bertz CT molecular complexity index is 501. The van der Waals surface area contributed by atoms with Crippen molar-refractivity contribution in [3.05, 3.63) is 33.9 Å². The predicted octanol–water partition coefficient (Wildman–Crippen LogP) is 2.78. The topological polar surface area (TPSA) is 67.2 Å². The number of anilines is 1. The monoisotopic (exact) mass is 289 g/mol. The molecule has 0 aliphatic heterocycles. The highest BCUT2D eigenvalue weighted by molar-refractivity contribution is 5.62. The van der Waals surface area contributed by atoms with Crippen molar-refractivity contribution >= 4 is 11.4 Å². The van der Waals surface area contributed by atoms with Gasteiger partial charge in [-0.3, -0.25) is 10.1 Å². The van der Waals surface area contributed by atoms with Gasteiger partial charge in [-0.15, -0.1) is 0 Å². The molecular weight excluding hydrogens is 275 g/mol. The van der Waals surface area contributed by atoms with E-state index in [1.165, 1.54) is 0 Å². The van der Waals surface area contributed by atoms with E-state index in [4.69, 9.17) is 0 Å². The fourth-order valence-corrected chi connectivity index (χ4v) is 1.77. The summed E-state index contributed by atoms with van der Waals surface area (Å²) in [7, 11) is 0. The molecule has 0 saturated heterocycles. The van der Waals surface area contributed by atoms with Gasteiger partial charge in [0.25, 0.3) is 5.69 Å². The Morgan fingerprint density at radius 1 is 1.30 bits per heavy atom. The van der Waals surface area contributed by atoms with Gasteiger partial charge in [-0.05, 0) is 25.0 Å². The Labute approximate surface area is 113 Å². The third-order valence-electron chi connectivity index (χ3n) is 2.97. The number of benzene rings is 1. The number of nitro benzene ring substituents is 1. The number of halogens is 3. The van der Waals surface area contributed by atoms with Crippen molar-refractivity contribution in [2.24, 2.45) is 0 Å². The van der Waals surface area contributed by atoms with Crippen LogP contribution in [0.25, 0.3) is 0 Å². The summed E-state index contributed by atoms with van der Waals surface area (Å²) in [4.78, 5) is 10.0. The number of nitro groups is 1. The van der Waals surface area contributed by atoms with E-state index in [0.717, 1.165) is 25.0 Å². The van der Waals surface area contributed by atoms with E-state index in [1.54, 1.807) is 0 Å². The van der Waals surface area contributed by atoms with Crippen LogP contribution in [-0.2, 0) is 6.18 Å². The molecule has 0 bridgehead atoms. The second-order valence-corrected chi connectivity index (χ2v) is 4.64. The lowest BCUT2D eigenvalue weighted by Gasteiger charge is -2.10. The highest BCUT2D eigenvalue weighted by Crippen LogP contribution is 2.34. The lowest BCUT2D eigenvalue weighted by Crippen LogP contribution is -2.24. The fraction of sp³-hybridized carbons (Fsp3) is 0.500. The molecular formula is C12H14F3N3O2. The van der Waals surface area contributed by atoms with Gasteiger partial charge in [0, 0.05) is 25.2 Å². The lowest BCUT2D eigenvalue weighted by molar-refractivity contribution is -0.384. The molecule has 0 amide bonds. The van der Waals surface area contributed by atoms with Crippen molar-refractivity contribution in [1.82, 2.24) is 5.32 Å². The van der Waals surface area contributed by atoms with Crippen LogP contribution in [0.5, 0.6) is 0 Å². The van der Waals surface area contributed by atoms with Crippen LogP contribution in [0.1, 0.15) is 18.4 Å². The fourth-order valence-electron chi connectivity index (χ4n) is 1.77. The summed E-state index contributed by atoms with van der Waals surface area (Å²) in [6.45, 7) is 1.03. The van der Waals surface area contributed by atoms with E-state index in [9.17, 15) is 23.3 Å². The quantitative estimate of drug-likeness (QED) is 0.480. The summed E-state index contributed by atoms with van der Waals surface area (Å²) in [6, 6.07) is 3.00. The van der Waals surface area contributed by atoms with Crippen LogP contribution >= 0.6 is 0 Å². The average Bonchev–Trinajstić information content (AvgIpc) is 3.17. The standard InChI is InChI=1S/C12H14F3N3O2/c13-12(14,15)8-1-4-10(11(7-8)18(19)20)17-6-5-16-9-2-3-9/h1,4,7,9,16-17H,2-3,5-6H2. The van der Waals surface area contributed by atoms with Crippen LogP contribution in [-0.4, -0.2) is 24.1 Å². The van der Waals surface area contributed by atoms with E-state index in [2.05, 4.69) is 10.6 Å². The SMILES string of the molecule is O=[N+]([O-])c1cc(C(F)(F)F)ccc1NCCNC1CC1. The molecule has 1 aromatic carbocycles. The van der Waals surface area contributed by atoms with Crippen molar-refractivity contribution in [2.75, 3.05) is 18.4 Å². The zero-order valence-corrected chi connectivity index (χ0v) is 10.5. The molecule has 8 heteroatoms. The molecule has 0 atom stereocenters. The van der Waals surface area contributed by atoms with Crippen molar-refractivity contribution in [3.63, 3.8) is 0 Å². The number of hydrogen-bond acceptors (Lipinski definition) is 4. The van der Waals surface area contributed by atoms with E-state index in [0.29, 0.717) is 25.2 Å². The Hall–Kier alpha value is -1.83. The smallest absolute Gasteiger partial charge is 0.378 e. The maximum Gasteiger partial charge on any atom is 0.416 e.